The molecule has 98 valence electrons. The van der Waals surface area contributed by atoms with E-state index in [1.165, 1.54) is 16.9 Å². The maximum Gasteiger partial charge on any atom is 0.257 e. The van der Waals surface area contributed by atoms with Crippen molar-refractivity contribution >= 4 is 11.8 Å². The van der Waals surface area contributed by atoms with Gasteiger partial charge in [0.1, 0.15) is 0 Å². The van der Waals surface area contributed by atoms with Crippen LogP contribution in [0.2, 0.25) is 0 Å². The average molecular weight is 244 g/mol. The second kappa shape index (κ2) is 5.46. The van der Waals surface area contributed by atoms with E-state index in [4.69, 9.17) is 9.47 Å². The number of amides is 2. The van der Waals surface area contributed by atoms with E-state index >= 15 is 0 Å². The van der Waals surface area contributed by atoms with Gasteiger partial charge < -0.3 is 19.3 Å². The summed E-state index contributed by atoms with van der Waals surface area (Å²) in [6, 6.07) is 0. The SMILES string of the molecule is CO[C@@]1(C(=O)N(C)CC(=O)N(C)C)CCOC1. The van der Waals surface area contributed by atoms with Crippen LogP contribution in [0, 0.1) is 0 Å². The van der Waals surface area contributed by atoms with E-state index in [1.807, 2.05) is 0 Å². The van der Waals surface area contributed by atoms with Crippen molar-refractivity contribution < 1.29 is 19.1 Å². The fourth-order valence-electron chi connectivity index (χ4n) is 1.73. The molecular weight excluding hydrogens is 224 g/mol. The van der Waals surface area contributed by atoms with Crippen LogP contribution in [0.5, 0.6) is 0 Å². The van der Waals surface area contributed by atoms with Gasteiger partial charge in [0.2, 0.25) is 5.91 Å². The molecule has 0 aromatic carbocycles. The van der Waals surface area contributed by atoms with Crippen molar-refractivity contribution in [2.24, 2.45) is 0 Å². The van der Waals surface area contributed by atoms with Crippen LogP contribution >= 0.6 is 0 Å². The highest BCUT2D eigenvalue weighted by molar-refractivity contribution is 5.89. The fraction of sp³-hybridized carbons (Fsp3) is 0.818. The van der Waals surface area contributed by atoms with Crippen molar-refractivity contribution in [3.63, 3.8) is 0 Å². The lowest BCUT2D eigenvalue weighted by atomic mass is 10.0. The smallest absolute Gasteiger partial charge is 0.257 e. The number of methoxy groups -OCH3 is 1. The van der Waals surface area contributed by atoms with Crippen LogP contribution in [0.25, 0.3) is 0 Å². The van der Waals surface area contributed by atoms with Gasteiger partial charge >= 0.3 is 0 Å². The Labute approximate surface area is 101 Å². The topological polar surface area (TPSA) is 59.1 Å². The van der Waals surface area contributed by atoms with Crippen molar-refractivity contribution in [1.82, 2.24) is 9.80 Å². The first kappa shape index (κ1) is 13.9. The predicted molar refractivity (Wildman–Crippen MR) is 61.5 cm³/mol. The summed E-state index contributed by atoms with van der Waals surface area (Å²) in [5, 5.41) is 0. The van der Waals surface area contributed by atoms with Crippen molar-refractivity contribution in [3.05, 3.63) is 0 Å². The molecule has 1 saturated heterocycles. The molecule has 0 spiro atoms. The van der Waals surface area contributed by atoms with Crippen LogP contribution in [0.3, 0.4) is 0 Å². The minimum absolute atomic E-state index is 0.0525. The monoisotopic (exact) mass is 244 g/mol. The van der Waals surface area contributed by atoms with Crippen LogP contribution in [0.4, 0.5) is 0 Å². The van der Waals surface area contributed by atoms with E-state index in [0.717, 1.165) is 0 Å². The molecule has 2 amide bonds. The molecule has 0 N–H and O–H groups in total. The first-order valence-corrected chi connectivity index (χ1v) is 5.51. The number of rotatable bonds is 4. The van der Waals surface area contributed by atoms with Gasteiger partial charge in [-0.05, 0) is 0 Å². The van der Waals surface area contributed by atoms with Crippen molar-refractivity contribution in [1.29, 1.82) is 0 Å². The molecule has 1 heterocycles. The second-order valence-electron chi connectivity index (χ2n) is 4.45. The van der Waals surface area contributed by atoms with Crippen molar-refractivity contribution in [2.75, 3.05) is 48.0 Å². The number of ether oxygens (including phenoxy) is 2. The van der Waals surface area contributed by atoms with E-state index in [9.17, 15) is 9.59 Å². The van der Waals surface area contributed by atoms with E-state index in [1.54, 1.807) is 21.1 Å². The highest BCUT2D eigenvalue weighted by atomic mass is 16.6. The third-order valence-electron chi connectivity index (χ3n) is 2.98. The normalized spacial score (nSPS) is 23.5. The van der Waals surface area contributed by atoms with Gasteiger partial charge in [0.25, 0.3) is 5.91 Å². The quantitative estimate of drug-likeness (QED) is 0.658. The van der Waals surface area contributed by atoms with Crippen LogP contribution < -0.4 is 0 Å². The molecule has 17 heavy (non-hydrogen) atoms. The summed E-state index contributed by atoms with van der Waals surface area (Å²) in [4.78, 5) is 26.6. The van der Waals surface area contributed by atoms with Gasteiger partial charge in [-0.25, -0.2) is 0 Å². The second-order valence-corrected chi connectivity index (χ2v) is 4.45. The minimum atomic E-state index is -0.915. The van der Waals surface area contributed by atoms with Crippen LogP contribution in [-0.4, -0.2) is 75.2 Å². The first-order chi connectivity index (χ1) is 7.93. The Morgan fingerprint density at radius 2 is 2.00 bits per heavy atom. The number of carbonyl (C=O) groups is 2. The highest BCUT2D eigenvalue weighted by Crippen LogP contribution is 2.24. The molecule has 0 saturated carbocycles. The van der Waals surface area contributed by atoms with E-state index in [2.05, 4.69) is 0 Å². The van der Waals surface area contributed by atoms with Crippen molar-refractivity contribution in [2.45, 2.75) is 12.0 Å². The lowest BCUT2D eigenvalue weighted by Crippen LogP contribution is -2.51. The summed E-state index contributed by atoms with van der Waals surface area (Å²) in [5.74, 6) is -0.321. The average Bonchev–Trinajstić information content (AvgIpc) is 2.77. The summed E-state index contributed by atoms with van der Waals surface area (Å²) in [6.07, 6.45) is 0.531. The maximum atomic E-state index is 12.2. The Kier molecular flexibility index (Phi) is 4.47. The lowest BCUT2D eigenvalue weighted by Gasteiger charge is -2.30. The molecular formula is C11H20N2O4. The molecule has 0 aromatic heterocycles. The predicted octanol–water partition coefficient (Wildman–Crippen LogP) is -0.661. The molecule has 1 fully saturated rings. The third kappa shape index (κ3) is 2.95. The van der Waals surface area contributed by atoms with Gasteiger partial charge in [0.05, 0.1) is 19.8 Å². The molecule has 0 unspecified atom stereocenters. The molecule has 0 aromatic rings. The lowest BCUT2D eigenvalue weighted by molar-refractivity contribution is -0.156. The van der Waals surface area contributed by atoms with Gasteiger partial charge in [-0.15, -0.1) is 0 Å². The number of nitrogens with zero attached hydrogens (tertiary/aromatic N) is 2. The molecule has 0 bridgehead atoms. The zero-order valence-corrected chi connectivity index (χ0v) is 10.9. The van der Waals surface area contributed by atoms with Gasteiger partial charge in [-0.1, -0.05) is 0 Å². The van der Waals surface area contributed by atoms with Crippen molar-refractivity contribution in [3.8, 4) is 0 Å². The van der Waals surface area contributed by atoms with E-state index in [-0.39, 0.29) is 25.0 Å². The molecule has 1 atom stereocenters. The van der Waals surface area contributed by atoms with Crippen LogP contribution in [0.1, 0.15) is 6.42 Å². The van der Waals surface area contributed by atoms with Gasteiger partial charge in [0, 0.05) is 34.7 Å². The molecule has 1 aliphatic heterocycles. The van der Waals surface area contributed by atoms with E-state index < -0.39 is 5.60 Å². The van der Waals surface area contributed by atoms with Gasteiger partial charge in [-0.3, -0.25) is 9.59 Å². The fourth-order valence-corrected chi connectivity index (χ4v) is 1.73. The minimum Gasteiger partial charge on any atom is -0.378 e. The highest BCUT2D eigenvalue weighted by Gasteiger charge is 2.44. The summed E-state index contributed by atoms with van der Waals surface area (Å²) in [6.45, 7) is 0.814. The van der Waals surface area contributed by atoms with E-state index in [0.29, 0.717) is 13.0 Å². The maximum absolute atomic E-state index is 12.2. The number of likely N-dealkylation sites (N-methyl/N-ethyl adjacent to an activating group) is 2. The Bertz CT molecular complexity index is 298. The summed E-state index contributed by atoms with van der Waals surface area (Å²) in [7, 11) is 6.41. The standard InChI is InChI=1S/C11H20N2O4/c1-12(2)9(14)7-13(3)10(15)11(16-4)5-6-17-8-11/h5-8H2,1-4H3/t11-/m0/s1. The molecule has 0 aliphatic carbocycles. The van der Waals surface area contributed by atoms with Gasteiger partial charge in [-0.2, -0.15) is 0 Å². The summed E-state index contributed by atoms with van der Waals surface area (Å²) >= 11 is 0. The summed E-state index contributed by atoms with van der Waals surface area (Å²) in [5.41, 5.74) is -0.915. The first-order valence-electron chi connectivity index (χ1n) is 5.51. The van der Waals surface area contributed by atoms with Crippen LogP contribution in [-0.2, 0) is 19.1 Å². The number of hydrogen-bond acceptors (Lipinski definition) is 4. The number of hydrogen-bond donors (Lipinski definition) is 0. The Morgan fingerprint density at radius 1 is 1.35 bits per heavy atom. The summed E-state index contributed by atoms with van der Waals surface area (Å²) < 4.78 is 10.5. The molecule has 6 heteroatoms. The molecule has 0 radical (unpaired) electrons. The molecule has 1 aliphatic rings. The Morgan fingerprint density at radius 3 is 2.41 bits per heavy atom. The largest absolute Gasteiger partial charge is 0.378 e. The Balaban J connectivity index is 2.65. The zero-order chi connectivity index (χ0) is 13.1. The Hall–Kier alpha value is -1.14. The number of carbonyl (C=O) groups excluding carboxylic acids is 2. The third-order valence-corrected chi connectivity index (χ3v) is 2.98. The van der Waals surface area contributed by atoms with Gasteiger partial charge in [0.15, 0.2) is 5.60 Å². The molecule has 1 rings (SSSR count). The molecule has 6 nitrogen and oxygen atoms in total. The zero-order valence-electron chi connectivity index (χ0n) is 10.9. The van der Waals surface area contributed by atoms with Crippen LogP contribution in [0.15, 0.2) is 0 Å².